The molecule has 9 rings (SSSR count). The Morgan fingerprint density at radius 1 is 0.402 bits per heavy atom. The smallest absolute Gasteiger partial charge is 0.333 e. The summed E-state index contributed by atoms with van der Waals surface area (Å²) < 4.78 is 29.1. The van der Waals surface area contributed by atoms with Gasteiger partial charge in [0.05, 0.1) is 44.6 Å². The monoisotopic (exact) mass is 1140 g/mol. The first kappa shape index (κ1) is 64.1. The molecule has 0 aromatic heterocycles. The maximum absolute atomic E-state index is 13.0. The number of hydrogen-bond acceptors (Lipinski definition) is 9. The molecule has 4 bridgehead atoms. The van der Waals surface area contributed by atoms with Gasteiger partial charge in [-0.3, -0.25) is 14.4 Å². The molecule has 82 heavy (non-hydrogen) atoms. The van der Waals surface area contributed by atoms with Gasteiger partial charge in [-0.05, 0) is 211 Å². The van der Waals surface area contributed by atoms with E-state index >= 15 is 0 Å². The van der Waals surface area contributed by atoms with Crippen molar-refractivity contribution in [1.29, 1.82) is 0 Å². The number of esters is 4. The molecule has 9 aliphatic rings. The summed E-state index contributed by atoms with van der Waals surface area (Å²) in [6.45, 7) is 12.5. The SMILES string of the molecule is C=C(C)C(=O)OCC1CC2CC1C1CC(COC(=O)CCCCCCCCC3C(CCCCCC)CCC(CCCCCCCC)C3CCCCCCCCC(=O)OCC3CC4CC3C3CC(COC(=O)C5CCC6OC6C5)CC43)CC21. The average Bonchev–Trinajstić information content (AvgIpc) is 3.06. The van der Waals surface area contributed by atoms with Gasteiger partial charge >= 0.3 is 23.9 Å². The Hall–Kier alpha value is -2.42. The summed E-state index contributed by atoms with van der Waals surface area (Å²) in [7, 11) is 0. The second kappa shape index (κ2) is 33.1. The topological polar surface area (TPSA) is 118 Å². The third kappa shape index (κ3) is 18.3. The number of carbonyl (C=O) groups excluding carboxylic acids is 4. The van der Waals surface area contributed by atoms with Crippen LogP contribution in [0.4, 0.5) is 0 Å². The van der Waals surface area contributed by atoms with Crippen LogP contribution in [0.3, 0.4) is 0 Å². The molecule has 9 fully saturated rings. The summed E-state index contributed by atoms with van der Waals surface area (Å²) in [6.07, 6.45) is 51.6. The van der Waals surface area contributed by atoms with Gasteiger partial charge in [-0.15, -0.1) is 0 Å². The summed E-state index contributed by atoms with van der Waals surface area (Å²) in [6, 6.07) is 0. The van der Waals surface area contributed by atoms with E-state index in [0.29, 0.717) is 98.5 Å². The molecule has 0 spiro atoms. The Morgan fingerprint density at radius 3 is 1.35 bits per heavy atom. The van der Waals surface area contributed by atoms with Gasteiger partial charge in [0, 0.05) is 18.4 Å². The number of rotatable bonds is 40. The molecular weight excluding hydrogens is 1020 g/mol. The maximum atomic E-state index is 13.0. The maximum Gasteiger partial charge on any atom is 0.333 e. The minimum atomic E-state index is -0.258. The number of fused-ring (bicyclic) bond motifs is 11. The van der Waals surface area contributed by atoms with Crippen LogP contribution >= 0.6 is 0 Å². The molecule has 9 nitrogen and oxygen atoms in total. The molecule has 8 saturated carbocycles. The molecule has 8 aliphatic carbocycles. The largest absolute Gasteiger partial charge is 0.465 e. The van der Waals surface area contributed by atoms with E-state index in [1.54, 1.807) is 6.92 Å². The van der Waals surface area contributed by atoms with Gasteiger partial charge in [0.25, 0.3) is 0 Å². The summed E-state index contributed by atoms with van der Waals surface area (Å²) in [5.41, 5.74) is 0.481. The summed E-state index contributed by atoms with van der Waals surface area (Å²) in [5, 5.41) is 0. The van der Waals surface area contributed by atoms with Gasteiger partial charge in [-0.1, -0.05) is 162 Å². The van der Waals surface area contributed by atoms with Crippen LogP contribution in [0.2, 0.25) is 0 Å². The fourth-order valence-electron chi connectivity index (χ4n) is 20.0. The Morgan fingerprint density at radius 2 is 0.841 bits per heavy atom. The van der Waals surface area contributed by atoms with Crippen LogP contribution in [-0.4, -0.2) is 62.5 Å². The molecule has 466 valence electrons. The molecule has 0 aromatic rings. The van der Waals surface area contributed by atoms with E-state index in [1.165, 1.54) is 205 Å². The Bertz CT molecular complexity index is 1970. The lowest BCUT2D eigenvalue weighted by atomic mass is 9.61. The highest BCUT2D eigenvalue weighted by Crippen LogP contribution is 2.63. The summed E-state index contributed by atoms with van der Waals surface area (Å²) >= 11 is 0. The van der Waals surface area contributed by atoms with Crippen molar-refractivity contribution in [1.82, 2.24) is 0 Å². The van der Waals surface area contributed by atoms with Gasteiger partial charge in [-0.25, -0.2) is 4.79 Å². The van der Waals surface area contributed by atoms with Crippen molar-refractivity contribution in [2.75, 3.05) is 26.4 Å². The third-order valence-corrected chi connectivity index (χ3v) is 24.3. The van der Waals surface area contributed by atoms with E-state index in [2.05, 4.69) is 20.4 Å². The normalized spacial score (nSPS) is 35.5. The van der Waals surface area contributed by atoms with Gasteiger partial charge in [0.2, 0.25) is 0 Å². The van der Waals surface area contributed by atoms with Crippen molar-refractivity contribution in [2.45, 2.75) is 296 Å². The third-order valence-electron chi connectivity index (χ3n) is 24.3. The van der Waals surface area contributed by atoms with Crippen LogP contribution in [0, 0.1) is 101 Å². The molecule has 19 atom stereocenters. The van der Waals surface area contributed by atoms with Crippen molar-refractivity contribution >= 4 is 23.9 Å². The van der Waals surface area contributed by atoms with Gasteiger partial charge in [0.15, 0.2) is 0 Å². The first-order valence-electron chi connectivity index (χ1n) is 36.0. The minimum absolute atomic E-state index is 0.00410. The second-order valence-electron chi connectivity index (χ2n) is 29.9. The predicted octanol–water partition coefficient (Wildman–Crippen LogP) is 18.1. The number of ether oxygens (including phenoxy) is 5. The predicted molar refractivity (Wildman–Crippen MR) is 327 cm³/mol. The first-order valence-corrected chi connectivity index (χ1v) is 36.0. The molecule has 0 N–H and O–H groups in total. The van der Waals surface area contributed by atoms with Gasteiger partial charge in [-0.2, -0.15) is 0 Å². The molecule has 19 unspecified atom stereocenters. The minimum Gasteiger partial charge on any atom is -0.465 e. The summed E-state index contributed by atoms with van der Waals surface area (Å²) in [4.78, 5) is 50.8. The zero-order valence-corrected chi connectivity index (χ0v) is 52.7. The van der Waals surface area contributed by atoms with Crippen LogP contribution in [0.15, 0.2) is 12.2 Å². The average molecular weight is 1140 g/mol. The fraction of sp³-hybridized carbons (Fsp3) is 0.918. The molecule has 0 aromatic carbocycles. The van der Waals surface area contributed by atoms with Crippen LogP contribution in [0.5, 0.6) is 0 Å². The Balaban J connectivity index is 0.633. The van der Waals surface area contributed by atoms with Crippen molar-refractivity contribution in [3.05, 3.63) is 12.2 Å². The number of unbranched alkanes of at least 4 members (excludes halogenated alkanes) is 18. The van der Waals surface area contributed by atoms with Gasteiger partial charge < -0.3 is 23.7 Å². The van der Waals surface area contributed by atoms with E-state index in [1.807, 2.05) is 0 Å². The Kier molecular flexibility index (Phi) is 25.8. The van der Waals surface area contributed by atoms with Crippen LogP contribution in [0.25, 0.3) is 0 Å². The molecule has 0 amide bonds. The standard InChI is InChI=1S/C73H120O9/c1-5-7-9-11-16-22-28-54-34-33-53(27-21-10-8-6-2)60(29-23-17-12-14-19-25-31-70(74)78-46-51-37-62-57-42-59(49-81-72(76)50(3)4)65(44-57)66(62)39-51)61(54)30-24-18-13-15-20-26-32-71(75)79-48-58-41-56-43-64(58)67-40-52(38-63(56)67)47-80-73(77)55-35-36-68-69(45-55)82-68/h51-69H,3,5-49H2,1-2,4H3. The molecule has 1 saturated heterocycles. The van der Waals surface area contributed by atoms with E-state index in [9.17, 15) is 19.2 Å². The van der Waals surface area contributed by atoms with E-state index in [0.717, 1.165) is 98.2 Å². The van der Waals surface area contributed by atoms with Crippen molar-refractivity contribution in [3.8, 4) is 0 Å². The van der Waals surface area contributed by atoms with Crippen LogP contribution in [0.1, 0.15) is 284 Å². The van der Waals surface area contributed by atoms with Crippen molar-refractivity contribution < 1.29 is 42.9 Å². The quantitative estimate of drug-likeness (QED) is 0.0194. The fourth-order valence-corrected chi connectivity index (χ4v) is 20.0. The first-order chi connectivity index (χ1) is 40.1. The Labute approximate surface area is 499 Å². The lowest BCUT2D eigenvalue weighted by molar-refractivity contribution is -0.151. The van der Waals surface area contributed by atoms with E-state index in [4.69, 9.17) is 23.7 Å². The zero-order valence-electron chi connectivity index (χ0n) is 52.7. The van der Waals surface area contributed by atoms with E-state index in [-0.39, 0.29) is 29.8 Å². The highest BCUT2D eigenvalue weighted by atomic mass is 16.6. The zero-order chi connectivity index (χ0) is 57.2. The molecule has 1 heterocycles. The highest BCUT2D eigenvalue weighted by molar-refractivity contribution is 5.86. The number of hydrogen-bond donors (Lipinski definition) is 0. The highest BCUT2D eigenvalue weighted by Gasteiger charge is 2.57. The number of carbonyl (C=O) groups is 4. The second-order valence-corrected chi connectivity index (χ2v) is 29.9. The lowest BCUT2D eigenvalue weighted by Gasteiger charge is -2.44. The molecular formula is C73H120O9. The lowest BCUT2D eigenvalue weighted by Crippen LogP contribution is -2.35. The van der Waals surface area contributed by atoms with Gasteiger partial charge in [0.1, 0.15) is 0 Å². The summed E-state index contributed by atoms with van der Waals surface area (Å²) in [5.74, 6) is 11.3. The van der Waals surface area contributed by atoms with Crippen molar-refractivity contribution in [3.63, 3.8) is 0 Å². The van der Waals surface area contributed by atoms with E-state index < -0.39 is 0 Å². The molecule has 9 heteroatoms. The molecule has 1 aliphatic heterocycles. The molecule has 0 radical (unpaired) electrons. The van der Waals surface area contributed by atoms with Crippen LogP contribution < -0.4 is 0 Å². The number of epoxide rings is 1. The van der Waals surface area contributed by atoms with Crippen molar-refractivity contribution in [2.24, 2.45) is 101 Å². The van der Waals surface area contributed by atoms with Crippen LogP contribution in [-0.2, 0) is 42.9 Å².